The highest BCUT2D eigenvalue weighted by atomic mass is 16.5. The van der Waals surface area contributed by atoms with Gasteiger partial charge in [-0.2, -0.15) is 0 Å². The summed E-state index contributed by atoms with van der Waals surface area (Å²) in [7, 11) is 5.56. The summed E-state index contributed by atoms with van der Waals surface area (Å²) < 4.78 is 26.3. The first-order chi connectivity index (χ1) is 12.9. The van der Waals surface area contributed by atoms with Crippen LogP contribution in [0.4, 0.5) is 0 Å². The molecule has 3 rings (SSSR count). The van der Waals surface area contributed by atoms with E-state index in [1.165, 1.54) is 46.6 Å². The molecule has 27 heavy (non-hydrogen) atoms. The third kappa shape index (κ3) is 2.95. The molecule has 0 aliphatic heterocycles. The van der Waals surface area contributed by atoms with Gasteiger partial charge in [0.2, 0.25) is 17.2 Å². The van der Waals surface area contributed by atoms with E-state index < -0.39 is 5.43 Å². The van der Waals surface area contributed by atoms with E-state index in [2.05, 4.69) is 0 Å². The van der Waals surface area contributed by atoms with Crippen molar-refractivity contribution in [3.05, 3.63) is 34.5 Å². The molecule has 0 aliphatic carbocycles. The van der Waals surface area contributed by atoms with Crippen molar-refractivity contribution in [2.24, 2.45) is 0 Å². The van der Waals surface area contributed by atoms with Gasteiger partial charge in [0.05, 0.1) is 33.8 Å². The van der Waals surface area contributed by atoms with E-state index >= 15 is 0 Å². The first-order valence-electron chi connectivity index (χ1n) is 7.82. The van der Waals surface area contributed by atoms with Crippen LogP contribution in [0.5, 0.6) is 34.5 Å². The Hall–Kier alpha value is -3.55. The quantitative estimate of drug-likeness (QED) is 0.702. The summed E-state index contributed by atoms with van der Waals surface area (Å²) in [6.07, 6.45) is 0. The molecule has 3 aromatic rings. The topological polar surface area (TPSA) is 108 Å². The Balaban J connectivity index is 2.30. The number of hydrogen-bond donors (Lipinski definition) is 2. The Bertz CT molecular complexity index is 1070. The lowest BCUT2D eigenvalue weighted by atomic mass is 10.1. The fourth-order valence-electron chi connectivity index (χ4n) is 2.81. The monoisotopic (exact) mass is 374 g/mol. The maximum Gasteiger partial charge on any atom is 0.207 e. The second-order valence-electron chi connectivity index (χ2n) is 5.54. The fourth-order valence-corrected chi connectivity index (χ4v) is 2.81. The van der Waals surface area contributed by atoms with Gasteiger partial charge in [-0.25, -0.2) is 0 Å². The summed E-state index contributed by atoms with van der Waals surface area (Å²) in [6.45, 7) is 0. The Morgan fingerprint density at radius 3 is 2.04 bits per heavy atom. The molecule has 0 saturated heterocycles. The van der Waals surface area contributed by atoms with Gasteiger partial charge in [0.25, 0.3) is 0 Å². The van der Waals surface area contributed by atoms with Crippen LogP contribution in [0.25, 0.3) is 22.3 Å². The molecule has 0 spiro atoms. The fraction of sp³-hybridized carbons (Fsp3) is 0.211. The molecule has 0 fully saturated rings. The zero-order chi connectivity index (χ0) is 19.7. The molecule has 0 amide bonds. The summed E-state index contributed by atoms with van der Waals surface area (Å²) in [5.74, 6) is 0.213. The molecule has 2 N–H and O–H groups in total. The van der Waals surface area contributed by atoms with Crippen molar-refractivity contribution < 1.29 is 33.6 Å². The lowest BCUT2D eigenvalue weighted by molar-refractivity contribution is 0.332. The van der Waals surface area contributed by atoms with Gasteiger partial charge < -0.3 is 33.6 Å². The lowest BCUT2D eigenvalue weighted by Gasteiger charge is -2.13. The smallest absolute Gasteiger partial charge is 0.207 e. The van der Waals surface area contributed by atoms with Crippen LogP contribution in [-0.2, 0) is 0 Å². The van der Waals surface area contributed by atoms with Crippen LogP contribution in [0.3, 0.4) is 0 Å². The number of aromatic hydroxyl groups is 2. The zero-order valence-electron chi connectivity index (χ0n) is 15.2. The number of hydrogen-bond acceptors (Lipinski definition) is 8. The van der Waals surface area contributed by atoms with Gasteiger partial charge in [-0.1, -0.05) is 0 Å². The molecule has 8 nitrogen and oxygen atoms in total. The number of ether oxygens (including phenoxy) is 4. The van der Waals surface area contributed by atoms with Gasteiger partial charge >= 0.3 is 0 Å². The highest BCUT2D eigenvalue weighted by Gasteiger charge is 2.20. The van der Waals surface area contributed by atoms with Crippen molar-refractivity contribution in [2.75, 3.05) is 28.4 Å². The average molecular weight is 374 g/mol. The highest BCUT2D eigenvalue weighted by Crippen LogP contribution is 2.44. The van der Waals surface area contributed by atoms with Crippen molar-refractivity contribution in [1.29, 1.82) is 0 Å². The van der Waals surface area contributed by atoms with Gasteiger partial charge in [0.15, 0.2) is 28.3 Å². The molecule has 0 bridgehead atoms. The second-order valence-corrected chi connectivity index (χ2v) is 5.54. The summed E-state index contributed by atoms with van der Waals surface area (Å²) in [4.78, 5) is 12.6. The van der Waals surface area contributed by atoms with Crippen LogP contribution in [0.2, 0.25) is 0 Å². The van der Waals surface area contributed by atoms with E-state index in [1.54, 1.807) is 6.07 Å². The minimum Gasteiger partial charge on any atom is -0.504 e. The first kappa shape index (κ1) is 18.2. The summed E-state index contributed by atoms with van der Waals surface area (Å²) in [5.41, 5.74) is -0.112. The molecule has 0 radical (unpaired) electrons. The van der Waals surface area contributed by atoms with Crippen molar-refractivity contribution in [1.82, 2.24) is 0 Å². The van der Waals surface area contributed by atoms with Gasteiger partial charge in [0.1, 0.15) is 5.76 Å². The predicted octanol–water partition coefficient (Wildman–Crippen LogP) is 2.91. The minimum absolute atomic E-state index is 0.0421. The second kappa shape index (κ2) is 6.99. The van der Waals surface area contributed by atoms with Gasteiger partial charge in [-0.05, 0) is 18.2 Å². The molecular formula is C19H18O8. The van der Waals surface area contributed by atoms with E-state index in [1.807, 2.05) is 0 Å². The molecule has 2 aromatic carbocycles. The van der Waals surface area contributed by atoms with E-state index in [-0.39, 0.29) is 51.2 Å². The molecule has 142 valence electrons. The van der Waals surface area contributed by atoms with Crippen LogP contribution < -0.4 is 24.4 Å². The van der Waals surface area contributed by atoms with Crippen molar-refractivity contribution >= 4 is 11.0 Å². The number of benzene rings is 2. The van der Waals surface area contributed by atoms with E-state index in [0.717, 1.165) is 0 Å². The molecule has 0 aliphatic rings. The van der Waals surface area contributed by atoms with Crippen LogP contribution in [-0.4, -0.2) is 38.7 Å². The Morgan fingerprint density at radius 2 is 1.44 bits per heavy atom. The lowest BCUT2D eigenvalue weighted by Crippen LogP contribution is -2.02. The number of methoxy groups -OCH3 is 4. The van der Waals surface area contributed by atoms with Gasteiger partial charge in [0, 0.05) is 11.6 Å². The third-order valence-corrected chi connectivity index (χ3v) is 4.08. The molecular weight excluding hydrogens is 356 g/mol. The van der Waals surface area contributed by atoms with Crippen molar-refractivity contribution in [3.8, 4) is 45.8 Å². The summed E-state index contributed by atoms with van der Waals surface area (Å²) in [6, 6.07) is 5.58. The van der Waals surface area contributed by atoms with Crippen LogP contribution >= 0.6 is 0 Å². The number of rotatable bonds is 5. The van der Waals surface area contributed by atoms with E-state index in [4.69, 9.17) is 23.4 Å². The molecule has 0 atom stereocenters. The van der Waals surface area contributed by atoms with Gasteiger partial charge in [-0.3, -0.25) is 4.79 Å². The first-order valence-corrected chi connectivity index (χ1v) is 7.82. The SMILES string of the molecule is COc1cc(-c2cc(=O)c3cc(OC)c(OC)c(O)c3o2)cc(O)c1OC. The number of phenolic OH excluding ortho intramolecular Hbond substituents is 2. The predicted molar refractivity (Wildman–Crippen MR) is 97.5 cm³/mol. The minimum atomic E-state index is -0.406. The largest absolute Gasteiger partial charge is 0.504 e. The van der Waals surface area contributed by atoms with Gasteiger partial charge in [-0.15, -0.1) is 0 Å². The third-order valence-electron chi connectivity index (χ3n) is 4.08. The van der Waals surface area contributed by atoms with Crippen LogP contribution in [0.15, 0.2) is 33.5 Å². The maximum absolute atomic E-state index is 12.6. The number of phenols is 2. The standard InChI is InChI=1S/C19H18O8/c1-23-14-6-9(5-12(21)18(14)25-3)13-8-11(20)10-7-15(24-2)19(26-4)16(22)17(10)27-13/h5-8,21-22H,1-4H3. The molecule has 8 heteroatoms. The molecule has 0 unspecified atom stereocenters. The van der Waals surface area contributed by atoms with Crippen LogP contribution in [0, 0.1) is 0 Å². The normalized spacial score (nSPS) is 10.7. The van der Waals surface area contributed by atoms with E-state index in [0.29, 0.717) is 5.56 Å². The number of fused-ring (bicyclic) bond motifs is 1. The van der Waals surface area contributed by atoms with E-state index in [9.17, 15) is 15.0 Å². The Morgan fingerprint density at radius 1 is 0.815 bits per heavy atom. The highest BCUT2D eigenvalue weighted by molar-refractivity contribution is 5.89. The zero-order valence-corrected chi connectivity index (χ0v) is 15.2. The molecule has 0 saturated carbocycles. The summed E-state index contributed by atoms with van der Waals surface area (Å²) in [5, 5.41) is 20.7. The Labute approximate surface area is 154 Å². The molecule has 1 heterocycles. The maximum atomic E-state index is 12.6. The Kier molecular flexibility index (Phi) is 4.72. The summed E-state index contributed by atoms with van der Waals surface area (Å²) >= 11 is 0. The van der Waals surface area contributed by atoms with Crippen LogP contribution in [0.1, 0.15) is 0 Å². The average Bonchev–Trinajstić information content (AvgIpc) is 2.67. The van der Waals surface area contributed by atoms with Crippen molar-refractivity contribution in [2.45, 2.75) is 0 Å². The van der Waals surface area contributed by atoms with Crippen molar-refractivity contribution in [3.63, 3.8) is 0 Å². The molecule has 1 aromatic heterocycles.